The SMILES string of the molecule is CC1(C)CCC(C)(C)c2cc(N(Cc3ccccc3)C(=O)Nc3ccccc3)ccc21. The first-order valence-corrected chi connectivity index (χ1v) is 11.1. The van der Waals surface area contributed by atoms with Gasteiger partial charge in [0.25, 0.3) is 0 Å². The van der Waals surface area contributed by atoms with Crippen molar-refractivity contribution in [1.29, 1.82) is 0 Å². The molecule has 3 aromatic rings. The summed E-state index contributed by atoms with van der Waals surface area (Å²) in [5, 5.41) is 3.06. The molecule has 0 aromatic heterocycles. The van der Waals surface area contributed by atoms with E-state index in [0.717, 1.165) is 23.4 Å². The van der Waals surface area contributed by atoms with Crippen molar-refractivity contribution in [3.05, 3.63) is 95.6 Å². The highest BCUT2D eigenvalue weighted by Gasteiger charge is 2.37. The molecule has 0 radical (unpaired) electrons. The number of hydrogen-bond donors (Lipinski definition) is 1. The molecule has 0 bridgehead atoms. The average molecular weight is 413 g/mol. The maximum absolute atomic E-state index is 13.4. The third-order valence-electron chi connectivity index (χ3n) is 6.60. The molecule has 0 saturated heterocycles. The number of carbonyl (C=O) groups is 1. The number of benzene rings is 3. The molecule has 0 saturated carbocycles. The van der Waals surface area contributed by atoms with Crippen LogP contribution in [0.2, 0.25) is 0 Å². The molecule has 0 unspecified atom stereocenters. The van der Waals surface area contributed by atoms with Gasteiger partial charge in [-0.25, -0.2) is 4.79 Å². The molecule has 0 heterocycles. The number of anilines is 2. The highest BCUT2D eigenvalue weighted by atomic mass is 16.2. The predicted molar refractivity (Wildman–Crippen MR) is 130 cm³/mol. The van der Waals surface area contributed by atoms with Crippen LogP contribution in [0.1, 0.15) is 57.2 Å². The van der Waals surface area contributed by atoms with Crippen molar-refractivity contribution in [2.75, 3.05) is 10.2 Å². The summed E-state index contributed by atoms with van der Waals surface area (Å²) in [7, 11) is 0. The van der Waals surface area contributed by atoms with Gasteiger partial charge < -0.3 is 5.32 Å². The Morgan fingerprint density at radius 1 is 0.806 bits per heavy atom. The maximum atomic E-state index is 13.4. The van der Waals surface area contributed by atoms with Gasteiger partial charge in [-0.05, 0) is 64.6 Å². The van der Waals surface area contributed by atoms with Gasteiger partial charge in [-0.3, -0.25) is 4.90 Å². The van der Waals surface area contributed by atoms with E-state index in [1.807, 2.05) is 53.4 Å². The summed E-state index contributed by atoms with van der Waals surface area (Å²) in [4.78, 5) is 15.2. The van der Waals surface area contributed by atoms with Gasteiger partial charge in [0.1, 0.15) is 0 Å². The molecule has 1 N–H and O–H groups in total. The zero-order chi connectivity index (χ0) is 22.1. The van der Waals surface area contributed by atoms with Crippen LogP contribution in [0.15, 0.2) is 78.9 Å². The van der Waals surface area contributed by atoms with Crippen molar-refractivity contribution in [2.24, 2.45) is 0 Å². The van der Waals surface area contributed by atoms with Crippen LogP contribution in [-0.2, 0) is 17.4 Å². The number of fused-ring (bicyclic) bond motifs is 1. The highest BCUT2D eigenvalue weighted by molar-refractivity contribution is 6.01. The summed E-state index contributed by atoms with van der Waals surface area (Å²) < 4.78 is 0. The lowest BCUT2D eigenvalue weighted by Crippen LogP contribution is -2.37. The van der Waals surface area contributed by atoms with Crippen LogP contribution in [0.4, 0.5) is 16.2 Å². The Kier molecular flexibility index (Phi) is 5.62. The molecule has 0 atom stereocenters. The monoisotopic (exact) mass is 412 g/mol. The van der Waals surface area contributed by atoms with Gasteiger partial charge in [0.15, 0.2) is 0 Å². The Morgan fingerprint density at radius 2 is 1.39 bits per heavy atom. The van der Waals surface area contributed by atoms with Gasteiger partial charge in [-0.2, -0.15) is 0 Å². The van der Waals surface area contributed by atoms with Crippen molar-refractivity contribution >= 4 is 17.4 Å². The lowest BCUT2D eigenvalue weighted by molar-refractivity contribution is 0.256. The van der Waals surface area contributed by atoms with E-state index in [-0.39, 0.29) is 16.9 Å². The number of nitrogens with one attached hydrogen (secondary N) is 1. The van der Waals surface area contributed by atoms with Crippen molar-refractivity contribution in [3.8, 4) is 0 Å². The lowest BCUT2D eigenvalue weighted by Gasteiger charge is -2.42. The van der Waals surface area contributed by atoms with Crippen LogP contribution in [-0.4, -0.2) is 6.03 Å². The topological polar surface area (TPSA) is 32.3 Å². The third kappa shape index (κ3) is 4.51. The van der Waals surface area contributed by atoms with Gasteiger partial charge in [0.2, 0.25) is 0 Å². The fourth-order valence-corrected chi connectivity index (χ4v) is 4.50. The standard InChI is InChI=1S/C28H32N2O/c1-27(2)17-18-28(3,4)25-19-23(15-16-24(25)27)30(20-21-11-7-5-8-12-21)26(31)29-22-13-9-6-10-14-22/h5-16,19H,17-18,20H2,1-4H3,(H,29,31). The largest absolute Gasteiger partial charge is 0.326 e. The minimum Gasteiger partial charge on any atom is -0.308 e. The molecule has 3 heteroatoms. The van der Waals surface area contributed by atoms with E-state index < -0.39 is 0 Å². The number of hydrogen-bond acceptors (Lipinski definition) is 1. The van der Waals surface area contributed by atoms with Crippen LogP contribution in [0, 0.1) is 0 Å². The first-order chi connectivity index (χ1) is 14.8. The predicted octanol–water partition coefficient (Wildman–Crippen LogP) is 7.27. The van der Waals surface area contributed by atoms with Gasteiger partial charge in [0.05, 0.1) is 6.54 Å². The van der Waals surface area contributed by atoms with E-state index in [4.69, 9.17) is 0 Å². The molecular weight excluding hydrogens is 380 g/mol. The molecule has 0 fully saturated rings. The molecule has 1 aliphatic carbocycles. The number of amides is 2. The molecule has 1 aliphatic rings. The molecule has 2 amide bonds. The van der Waals surface area contributed by atoms with Crippen LogP contribution < -0.4 is 10.2 Å². The quantitative estimate of drug-likeness (QED) is 0.480. The molecule has 3 aromatic carbocycles. The minimum absolute atomic E-state index is 0.0924. The molecule has 4 rings (SSSR count). The van der Waals surface area contributed by atoms with E-state index >= 15 is 0 Å². The van der Waals surface area contributed by atoms with E-state index in [1.54, 1.807) is 0 Å². The molecule has 3 nitrogen and oxygen atoms in total. The van der Waals surface area contributed by atoms with Gasteiger partial charge >= 0.3 is 6.03 Å². The van der Waals surface area contributed by atoms with Crippen molar-refractivity contribution in [3.63, 3.8) is 0 Å². The summed E-state index contributed by atoms with van der Waals surface area (Å²) in [6, 6.07) is 26.3. The second-order valence-corrected chi connectivity index (χ2v) is 9.87. The number of urea groups is 1. The summed E-state index contributed by atoms with van der Waals surface area (Å²) in [5.41, 5.74) is 5.83. The molecule has 0 aliphatic heterocycles. The van der Waals surface area contributed by atoms with Crippen LogP contribution in [0.5, 0.6) is 0 Å². The van der Waals surface area contributed by atoms with Gasteiger partial charge in [-0.15, -0.1) is 0 Å². The Hall–Kier alpha value is -3.07. The minimum atomic E-state index is -0.122. The average Bonchev–Trinajstić information content (AvgIpc) is 2.76. The van der Waals surface area contributed by atoms with E-state index in [2.05, 4.69) is 63.3 Å². The highest BCUT2D eigenvalue weighted by Crippen LogP contribution is 2.46. The van der Waals surface area contributed by atoms with Crippen molar-refractivity contribution in [2.45, 2.75) is 57.9 Å². The van der Waals surface area contributed by atoms with E-state index in [0.29, 0.717) is 6.54 Å². The third-order valence-corrected chi connectivity index (χ3v) is 6.60. The van der Waals surface area contributed by atoms with Crippen LogP contribution in [0.25, 0.3) is 0 Å². The molecular formula is C28H32N2O. The zero-order valence-corrected chi connectivity index (χ0v) is 19.0. The summed E-state index contributed by atoms with van der Waals surface area (Å²) in [6.07, 6.45) is 2.32. The number of rotatable bonds is 4. The maximum Gasteiger partial charge on any atom is 0.326 e. The summed E-state index contributed by atoms with van der Waals surface area (Å²) in [5.74, 6) is 0. The van der Waals surface area contributed by atoms with E-state index in [9.17, 15) is 4.79 Å². The van der Waals surface area contributed by atoms with Crippen molar-refractivity contribution in [1.82, 2.24) is 0 Å². The summed E-state index contributed by atoms with van der Waals surface area (Å²) >= 11 is 0. The fourth-order valence-electron chi connectivity index (χ4n) is 4.50. The van der Waals surface area contributed by atoms with Gasteiger partial charge in [-0.1, -0.05) is 82.3 Å². The molecule has 160 valence electrons. The molecule has 0 spiro atoms. The second kappa shape index (κ2) is 8.22. The Morgan fingerprint density at radius 3 is 2.03 bits per heavy atom. The Bertz CT molecular complexity index is 1050. The second-order valence-electron chi connectivity index (χ2n) is 9.87. The number of carbonyl (C=O) groups excluding carboxylic acids is 1. The van der Waals surface area contributed by atoms with Crippen LogP contribution >= 0.6 is 0 Å². The first kappa shape index (κ1) is 21.2. The van der Waals surface area contributed by atoms with Gasteiger partial charge in [0, 0.05) is 11.4 Å². The fraction of sp³-hybridized carbons (Fsp3) is 0.321. The molecule has 31 heavy (non-hydrogen) atoms. The lowest BCUT2D eigenvalue weighted by atomic mass is 9.63. The Balaban J connectivity index is 1.73. The number of nitrogens with zero attached hydrogens (tertiary/aromatic N) is 1. The summed E-state index contributed by atoms with van der Waals surface area (Å²) in [6.45, 7) is 9.80. The first-order valence-electron chi connectivity index (χ1n) is 11.1. The van der Waals surface area contributed by atoms with Crippen molar-refractivity contribution < 1.29 is 4.79 Å². The zero-order valence-electron chi connectivity index (χ0n) is 19.0. The normalized spacial score (nSPS) is 16.3. The number of para-hydroxylation sites is 1. The Labute approximate surface area is 186 Å². The van der Waals surface area contributed by atoms with Crippen LogP contribution in [0.3, 0.4) is 0 Å². The smallest absolute Gasteiger partial charge is 0.308 e. The van der Waals surface area contributed by atoms with E-state index in [1.165, 1.54) is 17.5 Å².